The van der Waals surface area contributed by atoms with E-state index in [0.29, 0.717) is 18.4 Å². The molecule has 6 rings (SSSR count). The van der Waals surface area contributed by atoms with Gasteiger partial charge in [0, 0.05) is 17.4 Å². The Hall–Kier alpha value is -4.19. The molecule has 6 heteroatoms. The summed E-state index contributed by atoms with van der Waals surface area (Å²) in [5, 5.41) is 3.00. The molecule has 0 radical (unpaired) electrons. The summed E-state index contributed by atoms with van der Waals surface area (Å²) in [6.45, 7) is 8.32. The van der Waals surface area contributed by atoms with E-state index in [1.54, 1.807) is 21.9 Å². The van der Waals surface area contributed by atoms with Crippen LogP contribution in [0.25, 0.3) is 0 Å². The minimum absolute atomic E-state index is 0.163. The van der Waals surface area contributed by atoms with E-state index in [0.717, 1.165) is 16.8 Å². The van der Waals surface area contributed by atoms with Crippen LogP contribution in [0.15, 0.2) is 97.6 Å². The molecule has 3 amide bonds. The van der Waals surface area contributed by atoms with Gasteiger partial charge in [-0.1, -0.05) is 86.7 Å². The van der Waals surface area contributed by atoms with Gasteiger partial charge in [0.25, 0.3) is 5.91 Å². The molecular formula is C32H31N3O3. The number of hydrogen-bond acceptors (Lipinski definition) is 3. The van der Waals surface area contributed by atoms with Gasteiger partial charge in [0.2, 0.25) is 11.8 Å². The lowest BCUT2D eigenvalue weighted by Crippen LogP contribution is -2.67. The molecule has 0 bridgehead atoms. The summed E-state index contributed by atoms with van der Waals surface area (Å²) in [6, 6.07) is 25.3. The van der Waals surface area contributed by atoms with E-state index in [-0.39, 0.29) is 17.7 Å². The number of amides is 3. The van der Waals surface area contributed by atoms with Crippen LogP contribution < -0.4 is 10.2 Å². The molecule has 2 saturated heterocycles. The number of allylic oxidation sites excluding steroid dienone is 1. The molecule has 4 atom stereocenters. The summed E-state index contributed by atoms with van der Waals surface area (Å²) in [5.74, 6) is -0.531. The monoisotopic (exact) mass is 505 g/mol. The van der Waals surface area contributed by atoms with Crippen LogP contribution in [0.3, 0.4) is 0 Å². The molecular weight excluding hydrogens is 474 g/mol. The second kappa shape index (κ2) is 8.69. The maximum atomic E-state index is 14.3. The average molecular weight is 506 g/mol. The molecule has 3 aliphatic heterocycles. The Morgan fingerprint density at radius 3 is 2.32 bits per heavy atom. The Morgan fingerprint density at radius 2 is 1.63 bits per heavy atom. The zero-order valence-electron chi connectivity index (χ0n) is 21.6. The maximum Gasteiger partial charge on any atom is 0.260 e. The highest BCUT2D eigenvalue weighted by Crippen LogP contribution is 2.62. The van der Waals surface area contributed by atoms with Crippen LogP contribution in [0.1, 0.15) is 41.8 Å². The van der Waals surface area contributed by atoms with Crippen molar-refractivity contribution in [1.82, 2.24) is 10.2 Å². The number of para-hydroxylation sites is 1. The first kappa shape index (κ1) is 24.2. The Labute approximate surface area is 223 Å². The maximum absolute atomic E-state index is 14.3. The third kappa shape index (κ3) is 3.29. The predicted molar refractivity (Wildman–Crippen MR) is 146 cm³/mol. The van der Waals surface area contributed by atoms with Crippen LogP contribution in [0.5, 0.6) is 0 Å². The lowest BCUT2D eigenvalue weighted by molar-refractivity contribution is -0.149. The molecule has 6 nitrogen and oxygen atoms in total. The van der Waals surface area contributed by atoms with Gasteiger partial charge in [-0.05, 0) is 41.2 Å². The van der Waals surface area contributed by atoms with Crippen molar-refractivity contribution in [3.63, 3.8) is 0 Å². The van der Waals surface area contributed by atoms with Gasteiger partial charge < -0.3 is 10.2 Å². The summed E-state index contributed by atoms with van der Waals surface area (Å²) < 4.78 is 0. The second-order valence-corrected chi connectivity index (χ2v) is 11.0. The Bertz CT molecular complexity index is 1430. The van der Waals surface area contributed by atoms with Gasteiger partial charge in [-0.15, -0.1) is 6.58 Å². The Kier molecular flexibility index (Phi) is 5.53. The van der Waals surface area contributed by atoms with Gasteiger partial charge in [0.05, 0.1) is 5.69 Å². The van der Waals surface area contributed by atoms with Gasteiger partial charge >= 0.3 is 0 Å². The molecule has 2 fully saturated rings. The summed E-state index contributed by atoms with van der Waals surface area (Å²) >= 11 is 0. The van der Waals surface area contributed by atoms with E-state index in [9.17, 15) is 14.4 Å². The van der Waals surface area contributed by atoms with Crippen LogP contribution >= 0.6 is 0 Å². The highest BCUT2D eigenvalue weighted by atomic mass is 16.2. The molecule has 0 spiro atoms. The smallest absolute Gasteiger partial charge is 0.260 e. The van der Waals surface area contributed by atoms with Crippen molar-refractivity contribution in [2.45, 2.75) is 50.4 Å². The highest BCUT2D eigenvalue weighted by molar-refractivity contribution is 6.10. The van der Waals surface area contributed by atoms with Gasteiger partial charge in [-0.3, -0.25) is 19.3 Å². The number of benzene rings is 3. The van der Waals surface area contributed by atoms with E-state index in [1.165, 1.54) is 0 Å². The van der Waals surface area contributed by atoms with Crippen molar-refractivity contribution < 1.29 is 14.4 Å². The van der Waals surface area contributed by atoms with Gasteiger partial charge in [0.1, 0.15) is 18.2 Å². The lowest BCUT2D eigenvalue weighted by atomic mass is 9.60. The molecule has 192 valence electrons. The minimum Gasteiger partial charge on any atom is -0.342 e. The van der Waals surface area contributed by atoms with Crippen LogP contribution in [0, 0.1) is 5.41 Å². The van der Waals surface area contributed by atoms with Crippen molar-refractivity contribution in [3.05, 3.63) is 114 Å². The zero-order valence-corrected chi connectivity index (χ0v) is 21.6. The second-order valence-electron chi connectivity index (χ2n) is 11.0. The predicted octanol–water partition coefficient (Wildman–Crippen LogP) is 4.47. The summed E-state index contributed by atoms with van der Waals surface area (Å²) in [6.07, 6.45) is 2.03. The first-order chi connectivity index (χ1) is 18.3. The number of carbonyl (C=O) groups is 3. The van der Waals surface area contributed by atoms with E-state index < -0.39 is 29.1 Å². The highest BCUT2D eigenvalue weighted by Gasteiger charge is 2.70. The number of fused-ring (bicyclic) bond motifs is 5. The summed E-state index contributed by atoms with van der Waals surface area (Å²) in [4.78, 5) is 45.6. The topological polar surface area (TPSA) is 69.7 Å². The number of rotatable bonds is 5. The molecule has 0 saturated carbocycles. The van der Waals surface area contributed by atoms with Crippen molar-refractivity contribution in [1.29, 1.82) is 0 Å². The molecule has 3 heterocycles. The molecule has 3 aromatic rings. The zero-order chi connectivity index (χ0) is 26.7. The van der Waals surface area contributed by atoms with E-state index in [2.05, 4.69) is 25.7 Å². The van der Waals surface area contributed by atoms with Crippen molar-refractivity contribution in [3.8, 4) is 0 Å². The first-order valence-corrected chi connectivity index (χ1v) is 13.1. The molecule has 1 N–H and O–H groups in total. The van der Waals surface area contributed by atoms with Crippen molar-refractivity contribution >= 4 is 23.4 Å². The van der Waals surface area contributed by atoms with Crippen LogP contribution in [-0.2, 0) is 21.4 Å². The molecule has 0 aromatic heterocycles. The van der Waals surface area contributed by atoms with Gasteiger partial charge in [-0.2, -0.15) is 0 Å². The average Bonchev–Trinajstić information content (AvgIpc) is 3.45. The third-order valence-electron chi connectivity index (χ3n) is 8.80. The molecule has 3 aromatic carbocycles. The fourth-order valence-electron chi connectivity index (χ4n) is 6.76. The lowest BCUT2D eigenvalue weighted by Gasteiger charge is -2.46. The third-order valence-corrected chi connectivity index (χ3v) is 8.80. The largest absolute Gasteiger partial charge is 0.342 e. The van der Waals surface area contributed by atoms with E-state index in [4.69, 9.17) is 0 Å². The van der Waals surface area contributed by atoms with Crippen molar-refractivity contribution in [2.75, 3.05) is 4.90 Å². The number of carbonyl (C=O) groups excluding carboxylic acids is 3. The van der Waals surface area contributed by atoms with Gasteiger partial charge in [-0.25, -0.2) is 0 Å². The minimum atomic E-state index is -0.713. The summed E-state index contributed by atoms with van der Waals surface area (Å²) in [5.41, 5.74) is 1.99. The van der Waals surface area contributed by atoms with Crippen molar-refractivity contribution in [2.24, 2.45) is 5.41 Å². The number of nitrogens with zero attached hydrogens (tertiary/aromatic N) is 2. The number of anilines is 1. The fourth-order valence-corrected chi connectivity index (χ4v) is 6.76. The molecule has 3 aliphatic rings. The number of nitrogens with one attached hydrogen (secondary N) is 1. The van der Waals surface area contributed by atoms with Crippen LogP contribution in [-0.4, -0.2) is 40.9 Å². The first-order valence-electron chi connectivity index (χ1n) is 13.1. The quantitative estimate of drug-likeness (QED) is 0.521. The van der Waals surface area contributed by atoms with Gasteiger partial charge in [0.15, 0.2) is 0 Å². The fraction of sp³-hybridized carbons (Fsp3) is 0.281. The standard InChI is InChI=1S/C32H31N3O3/c1-4-31(2,3)32-20-26-27(36)33-24(19-21-13-7-5-8-14-21)29(38)35(26)30(32)34(25-18-12-11-17-23(25)32)28(37)22-15-9-6-10-16-22/h4-18,24,26,30H,1,19-20H2,2-3H3,(H,33,36)/t24-,26-,30-,32+/m0/s1. The van der Waals surface area contributed by atoms with Crippen LogP contribution in [0.2, 0.25) is 0 Å². The van der Waals surface area contributed by atoms with Crippen LogP contribution in [0.4, 0.5) is 5.69 Å². The summed E-state index contributed by atoms with van der Waals surface area (Å²) in [7, 11) is 0. The Morgan fingerprint density at radius 1 is 1.00 bits per heavy atom. The van der Waals surface area contributed by atoms with E-state index >= 15 is 0 Å². The normalized spacial score (nSPS) is 25.9. The Balaban J connectivity index is 1.53. The van der Waals surface area contributed by atoms with E-state index in [1.807, 2.05) is 78.9 Å². The SMILES string of the molecule is C=CC(C)(C)[C@@]12C[C@H]3C(=O)N[C@@H](Cc4ccccc4)C(=O)N3[C@@H]1N(C(=O)c1ccccc1)c1ccccc12. The molecule has 0 aliphatic carbocycles. The molecule has 0 unspecified atom stereocenters. The number of hydrogen-bond donors (Lipinski definition) is 1. The number of piperazine rings is 1. The molecule has 38 heavy (non-hydrogen) atoms.